The normalized spacial score (nSPS) is 23.0. The molecule has 0 spiro atoms. The highest BCUT2D eigenvalue weighted by Crippen LogP contribution is 2.29. The lowest BCUT2D eigenvalue weighted by Crippen LogP contribution is -2.31. The van der Waals surface area contributed by atoms with E-state index in [4.69, 9.17) is 1.37 Å². The van der Waals surface area contributed by atoms with E-state index in [2.05, 4.69) is 9.71 Å². The maximum absolute atomic E-state index is 12.1. The Morgan fingerprint density at radius 3 is 2.70 bits per heavy atom. The maximum Gasteiger partial charge on any atom is 0.326 e. The van der Waals surface area contributed by atoms with Crippen LogP contribution in [0.1, 0.15) is 27.1 Å². The molecule has 0 bridgehead atoms. The van der Waals surface area contributed by atoms with Crippen LogP contribution < -0.4 is 10.4 Å². The molecule has 0 radical (unpaired) electrons. The van der Waals surface area contributed by atoms with Gasteiger partial charge in [-0.1, -0.05) is 12.1 Å². The van der Waals surface area contributed by atoms with Gasteiger partial charge in [0.2, 0.25) is 10.0 Å². The molecule has 0 aliphatic heterocycles. The molecule has 3 rings (SSSR count). The average Bonchev–Trinajstić information content (AvgIpc) is 2.90. The largest absolute Gasteiger partial charge is 0.326 e. The van der Waals surface area contributed by atoms with Gasteiger partial charge in [0.1, 0.15) is 0 Å². The number of H-pyrrole nitrogens is 1. The fourth-order valence-corrected chi connectivity index (χ4v) is 3.90. The van der Waals surface area contributed by atoms with Gasteiger partial charge in [-0.2, -0.15) is 0 Å². The zero-order chi connectivity index (χ0) is 17.2. The first-order chi connectivity index (χ1) is 11.5. The Bertz CT molecular complexity index is 851. The molecule has 1 heterocycles. The molecule has 126 valence electrons. The fraction of sp³-hybridized carbons (Fsp3) is 0.562. The Morgan fingerprint density at radius 1 is 1.26 bits per heavy atom. The number of nitrogens with one attached hydrogen (secondary N) is 2. The lowest BCUT2D eigenvalue weighted by atomic mass is 9.82. The summed E-state index contributed by atoms with van der Waals surface area (Å²) in [6.45, 7) is 1.12. The molecular weight excluding hydrogens is 314 g/mol. The molecule has 0 unspecified atom stereocenters. The second kappa shape index (κ2) is 6.49. The lowest BCUT2D eigenvalue weighted by molar-refractivity contribution is 0.253. The Morgan fingerprint density at radius 2 is 1.96 bits per heavy atom. The number of imidazole rings is 1. The van der Waals surface area contributed by atoms with Crippen molar-refractivity contribution in [2.75, 3.05) is 12.8 Å². The first-order valence-electron chi connectivity index (χ1n) is 8.63. The monoisotopic (exact) mass is 338 g/mol. The third-order valence-corrected chi connectivity index (χ3v) is 5.29. The first kappa shape index (κ1) is 15.0. The highest BCUT2D eigenvalue weighted by molar-refractivity contribution is 7.88. The van der Waals surface area contributed by atoms with Gasteiger partial charge >= 0.3 is 5.69 Å². The standard InChI is InChI=1S/C16H23N3O3S/c1-23(21,22)17-10-12-6-8-13(9-7-12)11-19-15-5-3-2-4-14(15)18-16(19)20/h2-5,12-13,17H,6-11H2,1H3,(H,18,20)/i1D. The molecule has 1 aliphatic carbocycles. The van der Waals surface area contributed by atoms with Crippen molar-refractivity contribution in [3.63, 3.8) is 0 Å². The third-order valence-electron chi connectivity index (χ3n) is 4.68. The summed E-state index contributed by atoms with van der Waals surface area (Å²) in [5, 5.41) is 0. The number of aromatic nitrogens is 2. The SMILES string of the molecule is [2H]CS(=O)(=O)NCC1CCC(Cn2c(=O)[nH]c3ccccc32)CC1. The molecule has 1 aromatic carbocycles. The summed E-state index contributed by atoms with van der Waals surface area (Å²) in [6, 6.07) is 7.70. The molecule has 6 nitrogen and oxygen atoms in total. The van der Waals surface area contributed by atoms with Crippen molar-refractivity contribution in [3.05, 3.63) is 34.7 Å². The Hall–Kier alpha value is -1.60. The van der Waals surface area contributed by atoms with Gasteiger partial charge in [-0.05, 0) is 49.7 Å². The van der Waals surface area contributed by atoms with Crippen molar-refractivity contribution in [2.24, 2.45) is 11.8 Å². The first-order valence-corrected chi connectivity index (χ1v) is 9.58. The van der Waals surface area contributed by atoms with E-state index in [1.165, 1.54) is 0 Å². The molecule has 23 heavy (non-hydrogen) atoms. The van der Waals surface area contributed by atoms with Crippen LogP contribution in [0.25, 0.3) is 11.0 Å². The lowest BCUT2D eigenvalue weighted by Gasteiger charge is -2.28. The Balaban J connectivity index is 1.57. The van der Waals surface area contributed by atoms with E-state index in [1.807, 2.05) is 28.8 Å². The Labute approximate surface area is 137 Å². The summed E-state index contributed by atoms with van der Waals surface area (Å²) in [4.78, 5) is 15.0. The number of fused-ring (bicyclic) bond motifs is 1. The number of sulfonamides is 1. The van der Waals surface area contributed by atoms with E-state index in [0.29, 0.717) is 24.9 Å². The van der Waals surface area contributed by atoms with Gasteiger partial charge in [0.05, 0.1) is 17.3 Å². The minimum absolute atomic E-state index is 0.0680. The second-order valence-corrected chi connectivity index (χ2v) is 7.93. The average molecular weight is 338 g/mol. The van der Waals surface area contributed by atoms with Gasteiger partial charge in [-0.15, -0.1) is 0 Å². The molecule has 1 saturated carbocycles. The van der Waals surface area contributed by atoms with E-state index < -0.39 is 16.3 Å². The molecule has 0 atom stereocenters. The van der Waals surface area contributed by atoms with Crippen molar-refractivity contribution >= 4 is 21.1 Å². The number of hydrogen-bond acceptors (Lipinski definition) is 3. The summed E-state index contributed by atoms with van der Waals surface area (Å²) < 4.78 is 33.9. The number of nitrogens with zero attached hydrogens (tertiary/aromatic N) is 1. The molecule has 1 fully saturated rings. The number of rotatable bonds is 5. The van der Waals surface area contributed by atoms with E-state index in [1.54, 1.807) is 0 Å². The number of aromatic amines is 1. The summed E-state index contributed by atoms with van der Waals surface area (Å²) in [5.41, 5.74) is 1.73. The van der Waals surface area contributed by atoms with E-state index in [9.17, 15) is 13.2 Å². The summed E-state index contributed by atoms with van der Waals surface area (Å²) in [6.07, 6.45) is 3.24. The van der Waals surface area contributed by atoms with Crippen LogP contribution in [-0.4, -0.2) is 30.7 Å². The van der Waals surface area contributed by atoms with Crippen LogP contribution in [0.5, 0.6) is 0 Å². The number of benzene rings is 1. The van der Waals surface area contributed by atoms with Gasteiger partial charge in [0, 0.05) is 14.5 Å². The predicted molar refractivity (Wildman–Crippen MR) is 90.9 cm³/mol. The number of hydrogen-bond donors (Lipinski definition) is 2. The van der Waals surface area contributed by atoms with Crippen molar-refractivity contribution in [1.82, 2.24) is 14.3 Å². The Kier molecular flexibility index (Phi) is 4.22. The highest BCUT2D eigenvalue weighted by Gasteiger charge is 2.23. The topological polar surface area (TPSA) is 84.0 Å². The minimum Gasteiger partial charge on any atom is -0.306 e. The molecule has 1 aliphatic rings. The van der Waals surface area contributed by atoms with E-state index in [-0.39, 0.29) is 5.69 Å². The fourth-order valence-electron chi connectivity index (χ4n) is 3.41. The van der Waals surface area contributed by atoms with Gasteiger partial charge in [-0.25, -0.2) is 17.9 Å². The van der Waals surface area contributed by atoms with Crippen molar-refractivity contribution in [2.45, 2.75) is 32.2 Å². The summed E-state index contributed by atoms with van der Waals surface area (Å²) in [5.74, 6) is 0.758. The van der Waals surface area contributed by atoms with Crippen LogP contribution >= 0.6 is 0 Å². The van der Waals surface area contributed by atoms with Crippen LogP contribution in [-0.2, 0) is 16.6 Å². The van der Waals surface area contributed by atoms with E-state index in [0.717, 1.165) is 36.7 Å². The van der Waals surface area contributed by atoms with Crippen molar-refractivity contribution < 1.29 is 9.79 Å². The third kappa shape index (κ3) is 4.03. The molecule has 0 amide bonds. The van der Waals surface area contributed by atoms with Crippen LogP contribution in [0, 0.1) is 11.8 Å². The zero-order valence-corrected chi connectivity index (χ0v) is 13.8. The molecular formula is C16H23N3O3S. The van der Waals surface area contributed by atoms with Crippen LogP contribution in [0.4, 0.5) is 0 Å². The molecule has 0 saturated heterocycles. The highest BCUT2D eigenvalue weighted by atomic mass is 32.2. The van der Waals surface area contributed by atoms with E-state index >= 15 is 0 Å². The summed E-state index contributed by atoms with van der Waals surface area (Å²) in [7, 11) is -3.44. The molecule has 2 aromatic rings. The maximum atomic E-state index is 12.1. The van der Waals surface area contributed by atoms with Gasteiger partial charge in [-0.3, -0.25) is 4.57 Å². The zero-order valence-electron chi connectivity index (χ0n) is 14.0. The molecule has 1 aromatic heterocycles. The van der Waals surface area contributed by atoms with Gasteiger partial charge < -0.3 is 4.98 Å². The van der Waals surface area contributed by atoms with Crippen molar-refractivity contribution in [3.8, 4) is 0 Å². The molecule has 2 N–H and O–H groups in total. The predicted octanol–water partition coefficient (Wildman–Crippen LogP) is 1.69. The summed E-state index contributed by atoms with van der Waals surface area (Å²) >= 11 is 0. The van der Waals surface area contributed by atoms with Gasteiger partial charge in [0.25, 0.3) is 0 Å². The molecule has 7 heteroatoms. The van der Waals surface area contributed by atoms with Gasteiger partial charge in [0.15, 0.2) is 0 Å². The second-order valence-electron chi connectivity index (χ2n) is 6.41. The van der Waals surface area contributed by atoms with Crippen LogP contribution in [0.15, 0.2) is 29.1 Å². The number of para-hydroxylation sites is 2. The minimum atomic E-state index is -3.44. The van der Waals surface area contributed by atoms with Crippen molar-refractivity contribution in [1.29, 1.82) is 0 Å². The van der Waals surface area contributed by atoms with Crippen LogP contribution in [0.2, 0.25) is 0 Å². The quantitative estimate of drug-likeness (QED) is 0.870. The smallest absolute Gasteiger partial charge is 0.306 e. The van der Waals surface area contributed by atoms with Crippen LogP contribution in [0.3, 0.4) is 0 Å².